The summed E-state index contributed by atoms with van der Waals surface area (Å²) < 4.78 is 1.96. The van der Waals surface area contributed by atoms with Gasteiger partial charge in [-0.15, -0.1) is 10.2 Å². The molecular formula is C12H17N5S. The van der Waals surface area contributed by atoms with Crippen LogP contribution in [0.1, 0.15) is 12.8 Å². The average molecular weight is 263 g/mol. The Morgan fingerprint density at radius 3 is 2.89 bits per heavy atom. The van der Waals surface area contributed by atoms with Crippen LogP contribution in [0.4, 0.5) is 5.69 Å². The minimum atomic E-state index is 0.740. The van der Waals surface area contributed by atoms with Crippen molar-refractivity contribution in [1.29, 1.82) is 0 Å². The van der Waals surface area contributed by atoms with E-state index in [4.69, 9.17) is 5.73 Å². The van der Waals surface area contributed by atoms with Crippen molar-refractivity contribution >= 4 is 23.1 Å². The van der Waals surface area contributed by atoms with Crippen molar-refractivity contribution in [2.24, 2.45) is 0 Å². The molecule has 0 bridgehead atoms. The highest BCUT2D eigenvalue weighted by molar-refractivity contribution is 7.99. The van der Waals surface area contributed by atoms with E-state index < -0.39 is 0 Å². The summed E-state index contributed by atoms with van der Waals surface area (Å²) in [6, 6.07) is 3.75. The Balaban J connectivity index is 1.65. The fraction of sp³-hybridized carbons (Fsp3) is 0.500. The molecule has 2 N–H and O–H groups in total. The summed E-state index contributed by atoms with van der Waals surface area (Å²) in [6.45, 7) is 3.62. The molecule has 0 unspecified atom stereocenters. The molecule has 1 aliphatic heterocycles. The van der Waals surface area contributed by atoms with Crippen LogP contribution in [0.2, 0.25) is 0 Å². The van der Waals surface area contributed by atoms with Crippen LogP contribution in [0.15, 0.2) is 23.5 Å². The van der Waals surface area contributed by atoms with Gasteiger partial charge in [0.25, 0.3) is 0 Å². The van der Waals surface area contributed by atoms with E-state index in [1.54, 1.807) is 11.8 Å². The second-order valence-electron chi connectivity index (χ2n) is 4.57. The zero-order valence-electron chi connectivity index (χ0n) is 10.2. The Labute approximate surface area is 110 Å². The first-order chi connectivity index (χ1) is 8.83. The number of hydrogen-bond acceptors (Lipinski definition) is 5. The fourth-order valence-corrected chi connectivity index (χ4v) is 3.17. The first kappa shape index (κ1) is 11.8. The van der Waals surface area contributed by atoms with E-state index in [-0.39, 0.29) is 0 Å². The lowest BCUT2D eigenvalue weighted by molar-refractivity contribution is 0.362. The fourth-order valence-electron chi connectivity index (χ4n) is 2.26. The zero-order valence-corrected chi connectivity index (χ0v) is 11.1. The van der Waals surface area contributed by atoms with Crippen molar-refractivity contribution in [1.82, 2.24) is 19.5 Å². The van der Waals surface area contributed by atoms with Crippen LogP contribution in [0.5, 0.6) is 0 Å². The van der Waals surface area contributed by atoms with Gasteiger partial charge in [-0.25, -0.2) is 0 Å². The Hall–Kier alpha value is -1.27. The molecule has 0 radical (unpaired) electrons. The molecule has 3 rings (SSSR count). The highest BCUT2D eigenvalue weighted by Gasteiger charge is 2.12. The number of hydrogen-bond donors (Lipinski definition) is 1. The van der Waals surface area contributed by atoms with Crippen LogP contribution in [-0.4, -0.2) is 44.9 Å². The molecule has 1 fully saturated rings. The maximum Gasteiger partial charge on any atom is 0.195 e. The maximum absolute atomic E-state index is 5.79. The van der Waals surface area contributed by atoms with E-state index in [1.807, 2.05) is 22.7 Å². The first-order valence-corrected chi connectivity index (χ1v) is 7.27. The van der Waals surface area contributed by atoms with Gasteiger partial charge in [-0.05, 0) is 38.1 Å². The van der Waals surface area contributed by atoms with E-state index >= 15 is 0 Å². The third-order valence-electron chi connectivity index (χ3n) is 3.23. The van der Waals surface area contributed by atoms with Crippen molar-refractivity contribution in [3.8, 4) is 0 Å². The third-order valence-corrected chi connectivity index (χ3v) is 4.15. The Morgan fingerprint density at radius 1 is 1.22 bits per heavy atom. The van der Waals surface area contributed by atoms with E-state index in [0.29, 0.717) is 0 Å². The summed E-state index contributed by atoms with van der Waals surface area (Å²) in [5, 5.41) is 9.26. The first-order valence-electron chi connectivity index (χ1n) is 6.28. The molecule has 0 saturated carbocycles. The average Bonchev–Trinajstić information content (AvgIpc) is 2.99. The maximum atomic E-state index is 5.79. The van der Waals surface area contributed by atoms with Gasteiger partial charge >= 0.3 is 0 Å². The van der Waals surface area contributed by atoms with Gasteiger partial charge in [0.2, 0.25) is 0 Å². The van der Waals surface area contributed by atoms with Crippen molar-refractivity contribution < 1.29 is 0 Å². The zero-order chi connectivity index (χ0) is 12.4. The topological polar surface area (TPSA) is 59.5 Å². The highest BCUT2D eigenvalue weighted by Crippen LogP contribution is 2.19. The van der Waals surface area contributed by atoms with Gasteiger partial charge in [-0.3, -0.25) is 4.40 Å². The van der Waals surface area contributed by atoms with Crippen LogP contribution >= 0.6 is 11.8 Å². The molecule has 1 aliphatic rings. The monoisotopic (exact) mass is 263 g/mol. The van der Waals surface area contributed by atoms with Crippen molar-refractivity contribution in [3.63, 3.8) is 0 Å². The number of fused-ring (bicyclic) bond motifs is 1. The van der Waals surface area contributed by atoms with Gasteiger partial charge in [0.1, 0.15) is 0 Å². The van der Waals surface area contributed by atoms with Gasteiger partial charge in [0.05, 0.1) is 0 Å². The Kier molecular flexibility index (Phi) is 3.38. The lowest BCUT2D eigenvalue weighted by Crippen LogP contribution is -2.21. The highest BCUT2D eigenvalue weighted by atomic mass is 32.2. The van der Waals surface area contributed by atoms with Crippen LogP contribution < -0.4 is 5.73 Å². The van der Waals surface area contributed by atoms with Gasteiger partial charge in [-0.2, -0.15) is 0 Å². The standard InChI is InChI=1S/C12H17N5S/c13-10-3-4-11-14-15-12(17(11)9-10)18-8-7-16-5-1-2-6-16/h3-4,9H,1-2,5-8,13H2. The van der Waals surface area contributed by atoms with Crippen LogP contribution in [0.3, 0.4) is 0 Å². The van der Waals surface area contributed by atoms with E-state index in [9.17, 15) is 0 Å². The molecule has 0 amide bonds. The summed E-state index contributed by atoms with van der Waals surface area (Å²) in [7, 11) is 0. The second-order valence-corrected chi connectivity index (χ2v) is 5.63. The summed E-state index contributed by atoms with van der Waals surface area (Å²) in [5.41, 5.74) is 7.38. The quantitative estimate of drug-likeness (QED) is 0.847. The van der Waals surface area contributed by atoms with Crippen molar-refractivity contribution in [3.05, 3.63) is 18.3 Å². The summed E-state index contributed by atoms with van der Waals surface area (Å²) in [6.07, 6.45) is 4.57. The van der Waals surface area contributed by atoms with Gasteiger partial charge < -0.3 is 10.6 Å². The molecule has 3 heterocycles. The molecule has 6 heteroatoms. The minimum Gasteiger partial charge on any atom is -0.398 e. The number of anilines is 1. The number of nitrogens with zero attached hydrogens (tertiary/aromatic N) is 4. The number of rotatable bonds is 4. The largest absolute Gasteiger partial charge is 0.398 e. The van der Waals surface area contributed by atoms with Crippen LogP contribution in [0, 0.1) is 0 Å². The molecular weight excluding hydrogens is 246 g/mol. The minimum absolute atomic E-state index is 0.740. The SMILES string of the molecule is Nc1ccc2nnc(SCCN3CCCC3)n2c1. The number of likely N-dealkylation sites (tertiary alicyclic amines) is 1. The lowest BCUT2D eigenvalue weighted by atomic mass is 10.4. The molecule has 0 atom stereocenters. The summed E-state index contributed by atoms with van der Waals surface area (Å²) >= 11 is 1.74. The van der Waals surface area contributed by atoms with E-state index in [2.05, 4.69) is 15.1 Å². The van der Waals surface area contributed by atoms with Crippen LogP contribution in [0.25, 0.3) is 5.65 Å². The summed E-state index contributed by atoms with van der Waals surface area (Å²) in [5.74, 6) is 1.05. The number of thioether (sulfide) groups is 1. The molecule has 0 aromatic carbocycles. The second kappa shape index (κ2) is 5.16. The third kappa shape index (κ3) is 2.44. The molecule has 2 aromatic rings. The smallest absolute Gasteiger partial charge is 0.195 e. The number of pyridine rings is 1. The van der Waals surface area contributed by atoms with Crippen molar-refractivity contribution in [2.75, 3.05) is 31.1 Å². The number of nitrogens with two attached hydrogens (primary N) is 1. The molecule has 96 valence electrons. The van der Waals surface area contributed by atoms with Gasteiger partial charge in [0.15, 0.2) is 10.8 Å². The van der Waals surface area contributed by atoms with Crippen molar-refractivity contribution in [2.45, 2.75) is 18.0 Å². The predicted octanol–water partition coefficient (Wildman–Crippen LogP) is 1.50. The summed E-state index contributed by atoms with van der Waals surface area (Å²) in [4.78, 5) is 2.50. The number of nitrogen functional groups attached to an aromatic ring is 1. The lowest BCUT2D eigenvalue weighted by Gasteiger charge is -2.12. The van der Waals surface area contributed by atoms with Crippen LogP contribution in [-0.2, 0) is 0 Å². The Morgan fingerprint density at radius 2 is 2.06 bits per heavy atom. The predicted molar refractivity (Wildman–Crippen MR) is 73.8 cm³/mol. The van der Waals surface area contributed by atoms with E-state index in [1.165, 1.54) is 25.9 Å². The molecule has 18 heavy (non-hydrogen) atoms. The Bertz CT molecular complexity index is 532. The molecule has 1 saturated heterocycles. The van der Waals surface area contributed by atoms with E-state index in [0.717, 1.165) is 28.8 Å². The molecule has 0 spiro atoms. The number of aromatic nitrogens is 3. The van der Waals surface area contributed by atoms with Gasteiger partial charge in [-0.1, -0.05) is 11.8 Å². The normalized spacial score (nSPS) is 16.7. The molecule has 0 aliphatic carbocycles. The molecule has 2 aromatic heterocycles. The molecule has 5 nitrogen and oxygen atoms in total. The van der Waals surface area contributed by atoms with Gasteiger partial charge in [0, 0.05) is 24.2 Å².